The molecule has 0 saturated heterocycles. The van der Waals surface area contributed by atoms with E-state index in [0.29, 0.717) is 45.0 Å². The van der Waals surface area contributed by atoms with Crippen LogP contribution in [0.5, 0.6) is 23.0 Å². The molecule has 3 heterocycles. The minimum absolute atomic E-state index is 0.0499. The van der Waals surface area contributed by atoms with Crippen LogP contribution in [0.2, 0.25) is 0 Å². The molecule has 0 aliphatic rings. The number of nitrogens with zero attached hydrogens (tertiary/aromatic N) is 1. The Hall–Kier alpha value is -5.57. The van der Waals surface area contributed by atoms with Gasteiger partial charge in [0, 0.05) is 39.5 Å². The topological polar surface area (TPSA) is 127 Å². The van der Waals surface area contributed by atoms with Gasteiger partial charge in [-0.05, 0) is 111 Å². The second-order valence-electron chi connectivity index (χ2n) is 12.5. The van der Waals surface area contributed by atoms with E-state index in [1.54, 1.807) is 14.2 Å². The molecule has 7 aromatic rings. The maximum Gasteiger partial charge on any atom is 0.305 e. The van der Waals surface area contributed by atoms with Crippen LogP contribution in [-0.2, 0) is 11.3 Å². The number of phenols is 2. The summed E-state index contributed by atoms with van der Waals surface area (Å²) in [5.41, 5.74) is 9.58. The molecule has 0 unspecified atom stereocenters. The number of rotatable bonds is 7. The van der Waals surface area contributed by atoms with Crippen LogP contribution in [-0.4, -0.2) is 40.1 Å². The number of carboxylic acids is 1. The summed E-state index contributed by atoms with van der Waals surface area (Å²) in [5.74, 6) is 1.21. The summed E-state index contributed by atoms with van der Waals surface area (Å²) in [5, 5.41) is 34.6. The predicted molar refractivity (Wildman–Crippen MR) is 187 cm³/mol. The molecule has 7 rings (SSSR count). The molecule has 246 valence electrons. The number of carboxylic acid groups (broad SMARTS) is 1. The lowest BCUT2D eigenvalue weighted by Crippen LogP contribution is -2.04. The molecule has 3 aromatic heterocycles. The maximum atomic E-state index is 11.7. The average molecular weight is 648 g/mol. The molecule has 0 aliphatic heterocycles. The van der Waals surface area contributed by atoms with Gasteiger partial charge >= 0.3 is 5.97 Å². The molecule has 0 aliphatic carbocycles. The van der Waals surface area contributed by atoms with Crippen LogP contribution in [0.15, 0.2) is 45.2 Å². The van der Waals surface area contributed by atoms with Crippen molar-refractivity contribution in [1.29, 1.82) is 0 Å². The van der Waals surface area contributed by atoms with E-state index in [2.05, 4.69) is 0 Å². The number of carbonyl (C=O) groups is 1. The van der Waals surface area contributed by atoms with E-state index in [1.165, 1.54) is 0 Å². The summed E-state index contributed by atoms with van der Waals surface area (Å²) in [7, 11) is 3.12. The number of hydrogen-bond acceptors (Lipinski definition) is 7. The van der Waals surface area contributed by atoms with Crippen molar-refractivity contribution in [3.8, 4) is 45.6 Å². The van der Waals surface area contributed by atoms with Crippen LogP contribution >= 0.6 is 0 Å². The van der Waals surface area contributed by atoms with E-state index >= 15 is 0 Å². The predicted octanol–water partition coefficient (Wildman–Crippen LogP) is 9.37. The Morgan fingerprint density at radius 3 is 1.46 bits per heavy atom. The summed E-state index contributed by atoms with van der Waals surface area (Å²) < 4.78 is 26.6. The van der Waals surface area contributed by atoms with Crippen molar-refractivity contribution < 1.29 is 38.4 Å². The van der Waals surface area contributed by atoms with Crippen molar-refractivity contribution in [2.45, 2.75) is 54.5 Å². The SMILES string of the molecule is COc1c(-c2ccc3c(c2)c2cc(-c4oc5c(C)c(C)c(C)c(O)c5c4OC)ccc2n3CCC(=O)O)oc2c(C)c(C)c(C)c(O)c12. The van der Waals surface area contributed by atoms with Crippen molar-refractivity contribution in [3.05, 3.63) is 69.8 Å². The fourth-order valence-electron chi connectivity index (χ4n) is 7.03. The molecule has 0 saturated carbocycles. The molecule has 9 nitrogen and oxygen atoms in total. The van der Waals surface area contributed by atoms with Gasteiger partial charge in [0.15, 0.2) is 23.0 Å². The second-order valence-corrected chi connectivity index (χ2v) is 12.5. The van der Waals surface area contributed by atoms with Crippen molar-refractivity contribution in [3.63, 3.8) is 0 Å². The monoisotopic (exact) mass is 647 g/mol. The number of fused-ring (bicyclic) bond motifs is 5. The van der Waals surface area contributed by atoms with Crippen LogP contribution < -0.4 is 9.47 Å². The highest BCUT2D eigenvalue weighted by Gasteiger charge is 2.27. The number of hydrogen-bond donors (Lipinski definition) is 3. The molecule has 0 amide bonds. The number of phenolic OH excluding ortho intramolecular Hbond substituents is 2. The zero-order chi connectivity index (χ0) is 34.3. The molecule has 0 radical (unpaired) electrons. The van der Waals surface area contributed by atoms with Crippen molar-refractivity contribution in [2.24, 2.45) is 0 Å². The van der Waals surface area contributed by atoms with Crippen LogP contribution in [0.1, 0.15) is 39.8 Å². The minimum Gasteiger partial charge on any atom is -0.507 e. The first-order valence-corrected chi connectivity index (χ1v) is 15.8. The lowest BCUT2D eigenvalue weighted by Gasteiger charge is -2.09. The van der Waals surface area contributed by atoms with Crippen LogP contribution in [0.4, 0.5) is 0 Å². The zero-order valence-corrected chi connectivity index (χ0v) is 28.2. The fourth-order valence-corrected chi connectivity index (χ4v) is 7.03. The first-order chi connectivity index (χ1) is 22.9. The molecule has 0 spiro atoms. The molecule has 4 aromatic carbocycles. The Kier molecular flexibility index (Phi) is 7.12. The van der Waals surface area contributed by atoms with Gasteiger partial charge in [0.25, 0.3) is 0 Å². The number of aromatic hydroxyl groups is 2. The summed E-state index contributed by atoms with van der Waals surface area (Å²) in [6, 6.07) is 11.8. The van der Waals surface area contributed by atoms with Gasteiger partial charge in [0.05, 0.1) is 20.6 Å². The van der Waals surface area contributed by atoms with E-state index in [9.17, 15) is 20.1 Å². The van der Waals surface area contributed by atoms with Gasteiger partial charge in [-0.15, -0.1) is 0 Å². The Bertz CT molecular complexity index is 2330. The summed E-state index contributed by atoms with van der Waals surface area (Å²) in [6.07, 6.45) is -0.0499. The molecule has 9 heteroatoms. The Labute approximate surface area is 276 Å². The average Bonchev–Trinajstić information content (AvgIpc) is 3.76. The second kappa shape index (κ2) is 11.0. The number of aromatic nitrogens is 1. The normalized spacial score (nSPS) is 11.8. The molecule has 48 heavy (non-hydrogen) atoms. The van der Waals surface area contributed by atoms with Gasteiger partial charge < -0.3 is 38.2 Å². The number of benzene rings is 4. The zero-order valence-electron chi connectivity index (χ0n) is 28.2. The fraction of sp³-hybridized carbons (Fsp3) is 0.256. The molecule has 0 bridgehead atoms. The third-order valence-corrected chi connectivity index (χ3v) is 10.2. The summed E-state index contributed by atoms with van der Waals surface area (Å²) in [6.45, 7) is 11.9. The van der Waals surface area contributed by atoms with E-state index in [1.807, 2.05) is 82.5 Å². The smallest absolute Gasteiger partial charge is 0.305 e. The first kappa shape index (κ1) is 31.1. The molecule has 0 atom stereocenters. The lowest BCUT2D eigenvalue weighted by molar-refractivity contribution is -0.137. The first-order valence-electron chi connectivity index (χ1n) is 15.8. The van der Waals surface area contributed by atoms with E-state index in [-0.39, 0.29) is 24.5 Å². The molecule has 0 fully saturated rings. The summed E-state index contributed by atoms with van der Waals surface area (Å²) in [4.78, 5) is 11.7. The number of ether oxygens (including phenoxy) is 2. The molecular formula is C39H37NO8. The highest BCUT2D eigenvalue weighted by atomic mass is 16.5. The van der Waals surface area contributed by atoms with Crippen LogP contribution in [0.25, 0.3) is 66.4 Å². The quantitative estimate of drug-likeness (QED) is 0.156. The Morgan fingerprint density at radius 2 is 1.08 bits per heavy atom. The van der Waals surface area contributed by atoms with E-state index in [0.717, 1.165) is 66.3 Å². The Balaban J connectivity index is 1.51. The number of methoxy groups -OCH3 is 2. The maximum absolute atomic E-state index is 11.7. The van der Waals surface area contributed by atoms with E-state index in [4.69, 9.17) is 18.3 Å². The van der Waals surface area contributed by atoms with Crippen molar-refractivity contribution in [2.75, 3.05) is 14.2 Å². The van der Waals surface area contributed by atoms with Crippen molar-refractivity contribution in [1.82, 2.24) is 4.57 Å². The van der Waals surface area contributed by atoms with Crippen LogP contribution in [0, 0.1) is 41.5 Å². The molecule has 3 N–H and O–H groups in total. The van der Waals surface area contributed by atoms with Gasteiger partial charge in [-0.25, -0.2) is 0 Å². The number of aryl methyl sites for hydroxylation is 3. The Morgan fingerprint density at radius 1 is 0.667 bits per heavy atom. The van der Waals surface area contributed by atoms with Gasteiger partial charge in [0.1, 0.15) is 33.4 Å². The molecular weight excluding hydrogens is 610 g/mol. The van der Waals surface area contributed by atoms with Gasteiger partial charge in [-0.3, -0.25) is 4.79 Å². The van der Waals surface area contributed by atoms with Crippen molar-refractivity contribution >= 4 is 49.7 Å². The highest BCUT2D eigenvalue weighted by Crippen LogP contribution is 2.50. The lowest BCUT2D eigenvalue weighted by atomic mass is 9.99. The van der Waals surface area contributed by atoms with Gasteiger partial charge in [-0.1, -0.05) is 0 Å². The number of furan rings is 2. The highest BCUT2D eigenvalue weighted by molar-refractivity contribution is 6.11. The number of aliphatic carboxylic acids is 1. The van der Waals surface area contributed by atoms with Gasteiger partial charge in [-0.2, -0.15) is 0 Å². The van der Waals surface area contributed by atoms with Crippen LogP contribution in [0.3, 0.4) is 0 Å². The largest absolute Gasteiger partial charge is 0.507 e. The minimum atomic E-state index is -0.890. The van der Waals surface area contributed by atoms with Gasteiger partial charge in [0.2, 0.25) is 0 Å². The third kappa shape index (κ3) is 4.26. The van der Waals surface area contributed by atoms with E-state index < -0.39 is 5.97 Å². The summed E-state index contributed by atoms with van der Waals surface area (Å²) >= 11 is 0. The standard InChI is InChI=1S/C39H37NO8/c1-17-19(3)32(43)30-34(21(17)5)47-36(38(30)45-7)23-9-11-27-25(15-23)26-16-24(10-12-28(26)40(27)14-13-29(41)42)37-39(46-8)31-33(44)20(4)18(2)22(6)35(31)48-37/h9-12,15-16,43-44H,13-14H2,1-8H3,(H,41,42). The third-order valence-electron chi connectivity index (χ3n) is 10.2.